The summed E-state index contributed by atoms with van der Waals surface area (Å²) in [4.78, 5) is 0.139. The lowest BCUT2D eigenvalue weighted by molar-refractivity contribution is 0.601. The van der Waals surface area contributed by atoms with E-state index in [1.165, 1.54) is 12.1 Å². The zero-order chi connectivity index (χ0) is 14.9. The maximum atomic E-state index is 12.3. The summed E-state index contributed by atoms with van der Waals surface area (Å²) in [5, 5.41) is 0.323. The lowest BCUT2D eigenvalue weighted by Crippen LogP contribution is -2.13. The van der Waals surface area contributed by atoms with Crippen LogP contribution in [-0.2, 0) is 10.0 Å². The smallest absolute Gasteiger partial charge is 0.261 e. The Morgan fingerprint density at radius 3 is 2.55 bits per heavy atom. The molecule has 0 aliphatic rings. The van der Waals surface area contributed by atoms with Crippen molar-refractivity contribution in [2.45, 2.75) is 11.8 Å². The molecule has 0 aliphatic heterocycles. The molecular weight excluding hydrogens is 364 g/mol. The van der Waals surface area contributed by atoms with Gasteiger partial charge in [-0.2, -0.15) is 0 Å². The first kappa shape index (κ1) is 15.2. The molecule has 0 aliphatic carbocycles. The Labute approximate surface area is 131 Å². The van der Waals surface area contributed by atoms with Crippen molar-refractivity contribution in [2.75, 3.05) is 10.5 Å². The van der Waals surface area contributed by atoms with Crippen molar-refractivity contribution in [2.24, 2.45) is 0 Å². The topological polar surface area (TPSA) is 72.2 Å². The van der Waals surface area contributed by atoms with Crippen molar-refractivity contribution in [3.05, 3.63) is 51.5 Å². The van der Waals surface area contributed by atoms with Crippen molar-refractivity contribution >= 4 is 48.9 Å². The van der Waals surface area contributed by atoms with Crippen LogP contribution in [0.25, 0.3) is 0 Å². The Morgan fingerprint density at radius 2 is 1.90 bits per heavy atom. The highest BCUT2D eigenvalue weighted by molar-refractivity contribution is 9.10. The second-order valence-electron chi connectivity index (χ2n) is 4.25. The van der Waals surface area contributed by atoms with Gasteiger partial charge in [0.25, 0.3) is 10.0 Å². The summed E-state index contributed by atoms with van der Waals surface area (Å²) in [6, 6.07) is 9.47. The highest BCUT2D eigenvalue weighted by Crippen LogP contribution is 2.28. The van der Waals surface area contributed by atoms with Crippen LogP contribution < -0.4 is 10.5 Å². The fourth-order valence-corrected chi connectivity index (χ4v) is 3.33. The summed E-state index contributed by atoms with van der Waals surface area (Å²) in [5.74, 6) is 0. The van der Waals surface area contributed by atoms with Crippen molar-refractivity contribution in [3.8, 4) is 0 Å². The number of halogens is 2. The Hall–Kier alpha value is -1.24. The SMILES string of the molecule is Cc1cc(S(=O)(=O)Nc2cc(Br)ccc2Cl)ccc1N. The van der Waals surface area contributed by atoms with Crippen LogP contribution in [-0.4, -0.2) is 8.42 Å². The molecule has 0 unspecified atom stereocenters. The first-order chi connectivity index (χ1) is 9.29. The summed E-state index contributed by atoms with van der Waals surface area (Å²) in [5.41, 5.74) is 7.25. The molecule has 0 saturated heterocycles. The number of aryl methyl sites for hydroxylation is 1. The quantitative estimate of drug-likeness (QED) is 0.802. The van der Waals surface area contributed by atoms with E-state index in [4.69, 9.17) is 17.3 Å². The monoisotopic (exact) mass is 374 g/mol. The predicted molar refractivity (Wildman–Crippen MR) is 85.6 cm³/mol. The number of hydrogen-bond acceptors (Lipinski definition) is 3. The molecule has 3 N–H and O–H groups in total. The van der Waals surface area contributed by atoms with E-state index < -0.39 is 10.0 Å². The van der Waals surface area contributed by atoms with E-state index in [0.29, 0.717) is 22.0 Å². The van der Waals surface area contributed by atoms with Gasteiger partial charge in [0.2, 0.25) is 0 Å². The lowest BCUT2D eigenvalue weighted by atomic mass is 10.2. The van der Waals surface area contributed by atoms with Gasteiger partial charge in [-0.15, -0.1) is 0 Å². The van der Waals surface area contributed by atoms with Crippen LogP contribution in [0.15, 0.2) is 45.8 Å². The summed E-state index contributed by atoms with van der Waals surface area (Å²) < 4.78 is 27.8. The first-order valence-electron chi connectivity index (χ1n) is 5.63. The minimum absolute atomic E-state index is 0.139. The number of hydrogen-bond donors (Lipinski definition) is 2. The second-order valence-corrected chi connectivity index (χ2v) is 7.25. The Morgan fingerprint density at radius 1 is 1.20 bits per heavy atom. The van der Waals surface area contributed by atoms with Crippen LogP contribution in [0.3, 0.4) is 0 Å². The minimum atomic E-state index is -3.70. The molecule has 4 nitrogen and oxygen atoms in total. The Kier molecular flexibility index (Phi) is 4.27. The molecule has 0 heterocycles. The number of rotatable bonds is 3. The molecule has 0 atom stereocenters. The maximum absolute atomic E-state index is 12.3. The van der Waals surface area contributed by atoms with Crippen LogP contribution in [0, 0.1) is 6.92 Å². The first-order valence-corrected chi connectivity index (χ1v) is 8.29. The van der Waals surface area contributed by atoms with E-state index in [1.54, 1.807) is 31.2 Å². The molecule has 0 radical (unpaired) electrons. The average molecular weight is 376 g/mol. The molecule has 0 spiro atoms. The molecule has 0 saturated carbocycles. The largest absolute Gasteiger partial charge is 0.399 e. The second kappa shape index (κ2) is 5.63. The van der Waals surface area contributed by atoms with Crippen molar-refractivity contribution in [1.29, 1.82) is 0 Å². The van der Waals surface area contributed by atoms with Gasteiger partial charge < -0.3 is 5.73 Å². The highest BCUT2D eigenvalue weighted by Gasteiger charge is 2.16. The van der Waals surface area contributed by atoms with Crippen LogP contribution in [0.2, 0.25) is 5.02 Å². The normalized spacial score (nSPS) is 11.3. The van der Waals surface area contributed by atoms with Gasteiger partial charge in [0.05, 0.1) is 15.6 Å². The van der Waals surface area contributed by atoms with E-state index in [1.807, 2.05) is 0 Å². The maximum Gasteiger partial charge on any atom is 0.261 e. The van der Waals surface area contributed by atoms with E-state index in [0.717, 1.165) is 4.47 Å². The molecule has 0 aromatic heterocycles. The fraction of sp³-hybridized carbons (Fsp3) is 0.0769. The summed E-state index contributed by atoms with van der Waals surface area (Å²) in [6.45, 7) is 1.75. The molecule has 2 aromatic carbocycles. The zero-order valence-electron chi connectivity index (χ0n) is 10.5. The van der Waals surface area contributed by atoms with E-state index in [-0.39, 0.29) is 4.90 Å². The van der Waals surface area contributed by atoms with E-state index >= 15 is 0 Å². The highest BCUT2D eigenvalue weighted by atomic mass is 79.9. The molecule has 106 valence electrons. The van der Waals surface area contributed by atoms with Gasteiger partial charge in [-0.3, -0.25) is 4.72 Å². The third kappa shape index (κ3) is 3.26. The van der Waals surface area contributed by atoms with Gasteiger partial charge >= 0.3 is 0 Å². The van der Waals surface area contributed by atoms with Gasteiger partial charge in [-0.1, -0.05) is 27.5 Å². The van der Waals surface area contributed by atoms with Crippen molar-refractivity contribution < 1.29 is 8.42 Å². The van der Waals surface area contributed by atoms with Crippen LogP contribution in [0.4, 0.5) is 11.4 Å². The molecule has 7 heteroatoms. The van der Waals surface area contributed by atoms with Gasteiger partial charge in [-0.25, -0.2) is 8.42 Å². The van der Waals surface area contributed by atoms with E-state index in [2.05, 4.69) is 20.7 Å². The van der Waals surface area contributed by atoms with Crippen molar-refractivity contribution in [3.63, 3.8) is 0 Å². The Bertz CT molecular complexity index is 763. The molecular formula is C13H12BrClN2O2S. The molecule has 2 rings (SSSR count). The van der Waals surface area contributed by atoms with Crippen LogP contribution >= 0.6 is 27.5 Å². The molecule has 0 amide bonds. The number of sulfonamides is 1. The zero-order valence-corrected chi connectivity index (χ0v) is 13.7. The van der Waals surface area contributed by atoms with Gasteiger partial charge in [0, 0.05) is 10.2 Å². The Balaban J connectivity index is 2.40. The number of nitrogen functional groups attached to an aromatic ring is 1. The minimum Gasteiger partial charge on any atom is -0.399 e. The predicted octanol–water partition coefficient (Wildman–Crippen LogP) is 3.79. The van der Waals surface area contributed by atoms with Crippen LogP contribution in [0.5, 0.6) is 0 Å². The summed E-state index contributed by atoms with van der Waals surface area (Å²) >= 11 is 9.25. The van der Waals surface area contributed by atoms with Gasteiger partial charge in [-0.05, 0) is 48.9 Å². The number of nitrogens with one attached hydrogen (secondary N) is 1. The number of anilines is 2. The third-order valence-electron chi connectivity index (χ3n) is 2.72. The fourth-order valence-electron chi connectivity index (χ4n) is 1.59. The third-order valence-corrected chi connectivity index (χ3v) is 4.91. The number of benzene rings is 2. The lowest BCUT2D eigenvalue weighted by Gasteiger charge is -2.11. The van der Waals surface area contributed by atoms with Gasteiger partial charge in [0.1, 0.15) is 0 Å². The van der Waals surface area contributed by atoms with E-state index in [9.17, 15) is 8.42 Å². The number of nitrogens with two attached hydrogens (primary N) is 1. The molecule has 2 aromatic rings. The summed E-state index contributed by atoms with van der Waals surface area (Å²) in [7, 11) is -3.70. The van der Waals surface area contributed by atoms with Crippen LogP contribution in [0.1, 0.15) is 5.56 Å². The molecule has 0 fully saturated rings. The summed E-state index contributed by atoms with van der Waals surface area (Å²) in [6.07, 6.45) is 0. The average Bonchev–Trinajstić information content (AvgIpc) is 2.36. The van der Waals surface area contributed by atoms with Crippen molar-refractivity contribution in [1.82, 2.24) is 0 Å². The molecule has 0 bridgehead atoms. The van der Waals surface area contributed by atoms with Gasteiger partial charge in [0.15, 0.2) is 0 Å². The molecule has 20 heavy (non-hydrogen) atoms. The standard InChI is InChI=1S/C13H12BrClN2O2S/c1-8-6-10(3-5-12(8)16)20(18,19)17-13-7-9(14)2-4-11(13)15/h2-7,17H,16H2,1H3.